The molecule has 1 aliphatic rings. The van der Waals surface area contributed by atoms with Gasteiger partial charge < -0.3 is 34.3 Å². The van der Waals surface area contributed by atoms with Crippen LogP contribution in [-0.4, -0.2) is 55.6 Å². The van der Waals surface area contributed by atoms with Gasteiger partial charge in [-0.2, -0.15) is 0 Å². The average molecular weight is 404 g/mol. The number of carbonyl (C=O) groups excluding carboxylic acids is 1. The van der Waals surface area contributed by atoms with Crippen molar-refractivity contribution >= 4 is 5.78 Å². The van der Waals surface area contributed by atoms with Crippen LogP contribution in [0.5, 0.6) is 28.7 Å². The number of aliphatic hydroxyl groups is 1. The summed E-state index contributed by atoms with van der Waals surface area (Å²) in [6.45, 7) is -0.153. The average Bonchev–Trinajstić information content (AvgIpc) is 3.17. The van der Waals surface area contributed by atoms with Crippen molar-refractivity contribution in [2.45, 2.75) is 6.10 Å². The maximum Gasteiger partial charge on any atom is 0.200 e. The smallest absolute Gasteiger partial charge is 0.200 e. The number of ketones is 1. The minimum atomic E-state index is -0.608. The van der Waals surface area contributed by atoms with Crippen LogP contribution in [0.2, 0.25) is 0 Å². The van der Waals surface area contributed by atoms with E-state index in [1.165, 1.54) is 39.5 Å². The van der Waals surface area contributed by atoms with Gasteiger partial charge in [-0.15, -0.1) is 0 Å². The molecule has 0 radical (unpaired) electrons. The van der Waals surface area contributed by atoms with E-state index < -0.39 is 17.9 Å². The predicted molar refractivity (Wildman–Crippen MR) is 103 cm³/mol. The molecule has 0 spiro atoms. The van der Waals surface area contributed by atoms with Gasteiger partial charge in [0.05, 0.1) is 40.0 Å². The topological polar surface area (TPSA) is 115 Å². The Morgan fingerprint density at radius 1 is 1.03 bits per heavy atom. The first-order chi connectivity index (χ1) is 13.9. The summed E-state index contributed by atoms with van der Waals surface area (Å²) >= 11 is 0. The van der Waals surface area contributed by atoms with Crippen LogP contribution in [0.1, 0.15) is 22.0 Å². The highest BCUT2D eigenvalue weighted by molar-refractivity contribution is 5.99. The molecule has 1 fully saturated rings. The van der Waals surface area contributed by atoms with Crippen LogP contribution in [0.25, 0.3) is 0 Å². The molecule has 0 aliphatic carbocycles. The number of aromatic hydroxyl groups is 2. The molecule has 1 saturated heterocycles. The van der Waals surface area contributed by atoms with E-state index in [1.807, 2.05) is 0 Å². The standard InChI is InChI=1S/C21H24O8/c1-26-16-6-11(4-5-15(16)23)21-13(9-22)14(10-29-21)19(24)12-7-17(27-2)20(25)18(8-12)28-3/h4-8,13-14,21-23,25H,9-10H2,1-3H3. The second kappa shape index (κ2) is 8.59. The lowest BCUT2D eigenvalue weighted by atomic mass is 9.83. The Balaban J connectivity index is 1.91. The number of aliphatic hydroxyl groups excluding tert-OH is 1. The fraction of sp³-hybridized carbons (Fsp3) is 0.381. The number of ether oxygens (including phenoxy) is 4. The Morgan fingerprint density at radius 2 is 1.66 bits per heavy atom. The van der Waals surface area contributed by atoms with Crippen LogP contribution in [0, 0.1) is 11.8 Å². The molecule has 1 aliphatic heterocycles. The molecule has 1 heterocycles. The lowest BCUT2D eigenvalue weighted by Gasteiger charge is -2.21. The zero-order chi connectivity index (χ0) is 21.1. The van der Waals surface area contributed by atoms with Gasteiger partial charge in [0.1, 0.15) is 0 Å². The molecule has 8 nitrogen and oxygen atoms in total. The quantitative estimate of drug-likeness (QED) is 0.603. The highest BCUT2D eigenvalue weighted by atomic mass is 16.5. The first-order valence-electron chi connectivity index (χ1n) is 9.03. The second-order valence-electron chi connectivity index (χ2n) is 6.73. The monoisotopic (exact) mass is 404 g/mol. The third-order valence-electron chi connectivity index (χ3n) is 5.21. The molecule has 0 bridgehead atoms. The van der Waals surface area contributed by atoms with Gasteiger partial charge in [0.25, 0.3) is 0 Å². The van der Waals surface area contributed by atoms with Crippen molar-refractivity contribution in [3.8, 4) is 28.7 Å². The number of phenols is 2. The van der Waals surface area contributed by atoms with Crippen LogP contribution in [0.3, 0.4) is 0 Å². The van der Waals surface area contributed by atoms with E-state index in [0.29, 0.717) is 5.56 Å². The number of Topliss-reactive ketones (excluding diaryl/α,β-unsaturated/α-hetero) is 1. The largest absolute Gasteiger partial charge is 0.504 e. The van der Waals surface area contributed by atoms with Crippen molar-refractivity contribution in [1.82, 2.24) is 0 Å². The van der Waals surface area contributed by atoms with Crippen LogP contribution in [0.4, 0.5) is 0 Å². The van der Waals surface area contributed by atoms with E-state index in [0.717, 1.165) is 0 Å². The Hall–Kier alpha value is -2.97. The van der Waals surface area contributed by atoms with Gasteiger partial charge in [-0.1, -0.05) is 6.07 Å². The van der Waals surface area contributed by atoms with Crippen molar-refractivity contribution in [3.05, 3.63) is 41.5 Å². The van der Waals surface area contributed by atoms with Crippen molar-refractivity contribution in [3.63, 3.8) is 0 Å². The molecule has 3 atom stereocenters. The van der Waals surface area contributed by atoms with E-state index in [-0.39, 0.29) is 53.3 Å². The van der Waals surface area contributed by atoms with E-state index in [9.17, 15) is 20.1 Å². The van der Waals surface area contributed by atoms with Crippen molar-refractivity contribution in [2.75, 3.05) is 34.5 Å². The van der Waals surface area contributed by atoms with E-state index >= 15 is 0 Å². The Morgan fingerprint density at radius 3 is 2.21 bits per heavy atom. The van der Waals surface area contributed by atoms with Crippen molar-refractivity contribution in [1.29, 1.82) is 0 Å². The summed E-state index contributed by atoms with van der Waals surface area (Å²) in [5, 5.41) is 29.8. The molecule has 3 rings (SSSR count). The molecular weight excluding hydrogens is 380 g/mol. The van der Waals surface area contributed by atoms with Crippen LogP contribution >= 0.6 is 0 Å². The van der Waals surface area contributed by atoms with Gasteiger partial charge in [0.15, 0.2) is 28.8 Å². The summed E-state index contributed by atoms with van der Waals surface area (Å²) in [6, 6.07) is 7.65. The first-order valence-corrected chi connectivity index (χ1v) is 9.03. The van der Waals surface area contributed by atoms with Crippen molar-refractivity contribution in [2.24, 2.45) is 11.8 Å². The zero-order valence-corrected chi connectivity index (χ0v) is 16.4. The van der Waals surface area contributed by atoms with Crippen LogP contribution in [-0.2, 0) is 4.74 Å². The Kier molecular flexibility index (Phi) is 6.14. The number of hydrogen-bond acceptors (Lipinski definition) is 8. The molecule has 156 valence electrons. The minimum absolute atomic E-state index is 0.00861. The number of methoxy groups -OCH3 is 3. The minimum Gasteiger partial charge on any atom is -0.504 e. The molecule has 2 aromatic rings. The Labute approximate surface area is 168 Å². The number of hydrogen-bond donors (Lipinski definition) is 3. The highest BCUT2D eigenvalue weighted by Crippen LogP contribution is 2.43. The van der Waals surface area contributed by atoms with Crippen molar-refractivity contribution < 1.29 is 39.1 Å². The van der Waals surface area contributed by atoms with Crippen LogP contribution < -0.4 is 14.2 Å². The number of phenolic OH excluding ortho intramolecular Hbond substituents is 2. The van der Waals surface area contributed by atoms with Gasteiger partial charge in [-0.05, 0) is 29.8 Å². The summed E-state index contributed by atoms with van der Waals surface area (Å²) in [6.07, 6.45) is -0.538. The summed E-state index contributed by atoms with van der Waals surface area (Å²) in [7, 11) is 4.20. The number of rotatable bonds is 7. The fourth-order valence-corrected chi connectivity index (χ4v) is 3.62. The van der Waals surface area contributed by atoms with E-state index in [1.54, 1.807) is 12.1 Å². The van der Waals surface area contributed by atoms with Gasteiger partial charge in [0, 0.05) is 18.1 Å². The summed E-state index contributed by atoms with van der Waals surface area (Å²) in [5.74, 6) is -1.04. The molecule has 2 aromatic carbocycles. The van der Waals surface area contributed by atoms with Gasteiger partial charge in [0.2, 0.25) is 5.75 Å². The van der Waals surface area contributed by atoms with Gasteiger partial charge >= 0.3 is 0 Å². The SMILES string of the molecule is COc1cc(C2OCC(C(=O)c3cc(OC)c(O)c(OC)c3)C2CO)ccc1O. The van der Waals surface area contributed by atoms with Gasteiger partial charge in [-0.3, -0.25) is 4.79 Å². The molecule has 29 heavy (non-hydrogen) atoms. The highest BCUT2D eigenvalue weighted by Gasteiger charge is 2.42. The molecule has 8 heteroatoms. The normalized spacial score (nSPS) is 21.0. The molecule has 0 saturated carbocycles. The maximum absolute atomic E-state index is 13.2. The van der Waals surface area contributed by atoms with E-state index in [2.05, 4.69) is 0 Å². The third-order valence-corrected chi connectivity index (χ3v) is 5.21. The summed E-state index contributed by atoms with van der Waals surface area (Å²) in [5.41, 5.74) is 0.974. The van der Waals surface area contributed by atoms with Gasteiger partial charge in [-0.25, -0.2) is 0 Å². The van der Waals surface area contributed by atoms with Crippen LogP contribution in [0.15, 0.2) is 30.3 Å². The maximum atomic E-state index is 13.2. The molecule has 3 unspecified atom stereocenters. The molecular formula is C21H24O8. The summed E-state index contributed by atoms with van der Waals surface area (Å²) in [4.78, 5) is 13.2. The number of benzene rings is 2. The predicted octanol–water partition coefficient (Wildman–Crippen LogP) is 2.30. The Bertz CT molecular complexity index is 869. The lowest BCUT2D eigenvalue weighted by molar-refractivity contribution is 0.0713. The third kappa shape index (κ3) is 3.81. The second-order valence-corrected chi connectivity index (χ2v) is 6.73. The zero-order valence-electron chi connectivity index (χ0n) is 16.4. The molecule has 0 amide bonds. The molecule has 3 N–H and O–H groups in total. The number of carbonyl (C=O) groups is 1. The molecule has 0 aromatic heterocycles. The summed E-state index contributed by atoms with van der Waals surface area (Å²) < 4.78 is 21.2. The lowest BCUT2D eigenvalue weighted by Crippen LogP contribution is -2.26. The fourth-order valence-electron chi connectivity index (χ4n) is 3.62. The first kappa shape index (κ1) is 20.8. The van der Waals surface area contributed by atoms with E-state index in [4.69, 9.17) is 18.9 Å².